The third kappa shape index (κ3) is 2.36. The molecule has 1 aromatic heterocycles. The molecule has 0 bridgehead atoms. The molecule has 19 heavy (non-hydrogen) atoms. The minimum atomic E-state index is 0.0888. The second-order valence-electron chi connectivity index (χ2n) is 4.44. The number of ether oxygens (including phenoxy) is 1. The molecular weight excluding hydrogens is 238 g/mol. The molecular formula is C15H13N3O. The summed E-state index contributed by atoms with van der Waals surface area (Å²) in [6.07, 6.45) is 2.65. The molecule has 0 spiro atoms. The molecule has 1 aliphatic heterocycles. The molecule has 1 atom stereocenters. The van der Waals surface area contributed by atoms with Gasteiger partial charge in [-0.2, -0.15) is 5.26 Å². The summed E-state index contributed by atoms with van der Waals surface area (Å²) < 4.78 is 5.83. The first-order valence-corrected chi connectivity index (χ1v) is 6.20. The number of hydrogen-bond donors (Lipinski definition) is 1. The van der Waals surface area contributed by atoms with Gasteiger partial charge in [0.05, 0.1) is 12.1 Å². The Bertz CT molecular complexity index is 608. The van der Waals surface area contributed by atoms with Crippen molar-refractivity contribution < 1.29 is 4.74 Å². The summed E-state index contributed by atoms with van der Waals surface area (Å²) in [4.78, 5) is 4.17. The van der Waals surface area contributed by atoms with Gasteiger partial charge in [-0.1, -0.05) is 18.2 Å². The number of nitrogens with zero attached hydrogens (tertiary/aromatic N) is 2. The lowest BCUT2D eigenvalue weighted by Gasteiger charge is -2.12. The van der Waals surface area contributed by atoms with Crippen molar-refractivity contribution in [2.24, 2.45) is 0 Å². The summed E-state index contributed by atoms with van der Waals surface area (Å²) >= 11 is 0. The molecule has 0 fully saturated rings. The average Bonchev–Trinajstić information content (AvgIpc) is 2.88. The lowest BCUT2D eigenvalue weighted by atomic mass is 10.1. The molecule has 1 N–H and O–H groups in total. The molecule has 0 saturated heterocycles. The molecule has 0 unspecified atom stereocenters. The number of anilines is 1. The van der Waals surface area contributed by atoms with Crippen LogP contribution in [0, 0.1) is 11.3 Å². The zero-order valence-corrected chi connectivity index (χ0v) is 10.3. The van der Waals surface area contributed by atoms with Crippen LogP contribution in [0.25, 0.3) is 0 Å². The summed E-state index contributed by atoms with van der Waals surface area (Å²) in [6.45, 7) is 0.639. The highest BCUT2D eigenvalue weighted by Gasteiger charge is 2.22. The van der Waals surface area contributed by atoms with Gasteiger partial charge in [0.1, 0.15) is 23.7 Å². The Kier molecular flexibility index (Phi) is 3.03. The van der Waals surface area contributed by atoms with Crippen LogP contribution in [0.5, 0.6) is 5.75 Å². The van der Waals surface area contributed by atoms with Gasteiger partial charge < -0.3 is 10.1 Å². The van der Waals surface area contributed by atoms with Crippen LogP contribution in [-0.2, 0) is 6.42 Å². The highest BCUT2D eigenvalue weighted by atomic mass is 16.5. The van der Waals surface area contributed by atoms with Crippen molar-refractivity contribution in [1.82, 2.24) is 4.98 Å². The normalized spacial score (nSPS) is 16.3. The number of pyridine rings is 1. The molecule has 4 nitrogen and oxygen atoms in total. The Morgan fingerprint density at radius 2 is 2.21 bits per heavy atom. The molecule has 2 aromatic rings. The van der Waals surface area contributed by atoms with Crippen LogP contribution in [0.2, 0.25) is 0 Å². The topological polar surface area (TPSA) is 57.9 Å². The van der Waals surface area contributed by atoms with E-state index in [-0.39, 0.29) is 6.10 Å². The van der Waals surface area contributed by atoms with Crippen LogP contribution < -0.4 is 10.1 Å². The second kappa shape index (κ2) is 4.99. The highest BCUT2D eigenvalue weighted by Crippen LogP contribution is 2.28. The summed E-state index contributed by atoms with van der Waals surface area (Å²) in [5.41, 5.74) is 1.79. The molecule has 4 heteroatoms. The van der Waals surface area contributed by atoms with Crippen LogP contribution in [0.4, 0.5) is 5.82 Å². The van der Waals surface area contributed by atoms with E-state index in [0.29, 0.717) is 17.9 Å². The number of para-hydroxylation sites is 1. The lowest BCUT2D eigenvalue weighted by molar-refractivity contribution is 0.246. The minimum absolute atomic E-state index is 0.0888. The van der Waals surface area contributed by atoms with Crippen LogP contribution in [0.3, 0.4) is 0 Å². The molecule has 0 aliphatic carbocycles. The fourth-order valence-electron chi connectivity index (χ4n) is 2.21. The Hall–Kier alpha value is -2.54. The summed E-state index contributed by atoms with van der Waals surface area (Å²) in [5, 5.41) is 12.2. The van der Waals surface area contributed by atoms with Crippen molar-refractivity contribution in [3.63, 3.8) is 0 Å². The number of fused-ring (bicyclic) bond motifs is 1. The third-order valence-corrected chi connectivity index (χ3v) is 3.14. The van der Waals surface area contributed by atoms with E-state index in [1.54, 1.807) is 18.3 Å². The van der Waals surface area contributed by atoms with Gasteiger partial charge in [0.15, 0.2) is 0 Å². The molecule has 1 aromatic carbocycles. The van der Waals surface area contributed by atoms with Crippen molar-refractivity contribution in [1.29, 1.82) is 5.26 Å². The SMILES string of the molecule is N#Cc1cccnc1NC[C@H]1Cc2ccccc2O1. The fourth-order valence-corrected chi connectivity index (χ4v) is 2.21. The zero-order chi connectivity index (χ0) is 13.1. The number of nitrogens with one attached hydrogen (secondary N) is 1. The van der Waals surface area contributed by atoms with Gasteiger partial charge in [0.25, 0.3) is 0 Å². The number of aromatic nitrogens is 1. The quantitative estimate of drug-likeness (QED) is 0.909. The maximum atomic E-state index is 8.99. The number of benzene rings is 1. The first-order valence-electron chi connectivity index (χ1n) is 6.20. The van der Waals surface area contributed by atoms with Gasteiger partial charge in [0.2, 0.25) is 0 Å². The largest absolute Gasteiger partial charge is 0.488 e. The second-order valence-corrected chi connectivity index (χ2v) is 4.44. The Balaban J connectivity index is 1.65. The van der Waals surface area contributed by atoms with Gasteiger partial charge >= 0.3 is 0 Å². The van der Waals surface area contributed by atoms with Crippen LogP contribution in [0.1, 0.15) is 11.1 Å². The van der Waals surface area contributed by atoms with Gasteiger partial charge in [-0.05, 0) is 23.8 Å². The first-order chi connectivity index (χ1) is 9.36. The maximum Gasteiger partial charge on any atom is 0.144 e. The van der Waals surface area contributed by atoms with Gasteiger partial charge in [-0.25, -0.2) is 4.98 Å². The Morgan fingerprint density at radius 1 is 1.32 bits per heavy atom. The summed E-state index contributed by atoms with van der Waals surface area (Å²) in [5.74, 6) is 1.57. The van der Waals surface area contributed by atoms with Gasteiger partial charge in [0, 0.05) is 12.6 Å². The lowest BCUT2D eigenvalue weighted by Crippen LogP contribution is -2.24. The van der Waals surface area contributed by atoms with Crippen LogP contribution in [-0.4, -0.2) is 17.6 Å². The summed E-state index contributed by atoms with van der Waals surface area (Å²) in [6, 6.07) is 13.7. The highest BCUT2D eigenvalue weighted by molar-refractivity contribution is 5.51. The smallest absolute Gasteiger partial charge is 0.144 e. The van der Waals surface area contributed by atoms with Crippen LogP contribution >= 0.6 is 0 Å². The third-order valence-electron chi connectivity index (χ3n) is 3.14. The molecule has 0 saturated carbocycles. The monoisotopic (exact) mass is 251 g/mol. The van der Waals surface area contributed by atoms with E-state index in [9.17, 15) is 0 Å². The maximum absolute atomic E-state index is 8.99. The zero-order valence-electron chi connectivity index (χ0n) is 10.3. The molecule has 94 valence electrons. The van der Waals surface area contributed by atoms with E-state index in [2.05, 4.69) is 22.4 Å². The van der Waals surface area contributed by atoms with Crippen molar-refractivity contribution in [2.75, 3.05) is 11.9 Å². The number of rotatable bonds is 3. The Labute approximate surface area is 111 Å². The number of nitriles is 1. The molecule has 2 heterocycles. The molecule has 0 radical (unpaired) electrons. The number of hydrogen-bond acceptors (Lipinski definition) is 4. The van der Waals surface area contributed by atoms with Gasteiger partial charge in [-0.15, -0.1) is 0 Å². The van der Waals surface area contributed by atoms with E-state index in [1.165, 1.54) is 5.56 Å². The van der Waals surface area contributed by atoms with E-state index in [0.717, 1.165) is 12.2 Å². The molecule has 3 rings (SSSR count). The minimum Gasteiger partial charge on any atom is -0.488 e. The molecule has 0 amide bonds. The van der Waals surface area contributed by atoms with Gasteiger partial charge in [-0.3, -0.25) is 0 Å². The van der Waals surface area contributed by atoms with Crippen molar-refractivity contribution in [3.05, 3.63) is 53.7 Å². The summed E-state index contributed by atoms with van der Waals surface area (Å²) in [7, 11) is 0. The van der Waals surface area contributed by atoms with Crippen molar-refractivity contribution in [3.8, 4) is 11.8 Å². The van der Waals surface area contributed by atoms with Crippen LogP contribution in [0.15, 0.2) is 42.6 Å². The average molecular weight is 251 g/mol. The van der Waals surface area contributed by atoms with Crippen molar-refractivity contribution in [2.45, 2.75) is 12.5 Å². The standard InChI is InChI=1S/C15H13N3O/c16-9-12-5-3-7-17-15(12)18-10-13-8-11-4-1-2-6-14(11)19-13/h1-7,13H,8,10H2,(H,17,18)/t13-/m1/s1. The van der Waals surface area contributed by atoms with E-state index in [4.69, 9.17) is 10.00 Å². The first kappa shape index (κ1) is 11.5. The van der Waals surface area contributed by atoms with E-state index >= 15 is 0 Å². The predicted molar refractivity (Wildman–Crippen MR) is 72.0 cm³/mol. The van der Waals surface area contributed by atoms with E-state index in [1.807, 2.05) is 18.2 Å². The molecule has 1 aliphatic rings. The van der Waals surface area contributed by atoms with Crippen molar-refractivity contribution >= 4 is 5.82 Å². The Morgan fingerprint density at radius 3 is 3.05 bits per heavy atom. The van der Waals surface area contributed by atoms with E-state index < -0.39 is 0 Å². The fraction of sp³-hybridized carbons (Fsp3) is 0.200. The predicted octanol–water partition coefficient (Wildman–Crippen LogP) is 2.37.